The molecule has 2 rings (SSSR count). The Labute approximate surface area is 147 Å². The SMILES string of the molecule is Cc1nc(SCC(=O)N(C/C=C/c2ccccc2)CC(C)C)n[nH]1. The molecule has 0 atom stereocenters. The van der Waals surface area contributed by atoms with Crippen molar-refractivity contribution >= 4 is 23.7 Å². The third-order valence-corrected chi connectivity index (χ3v) is 4.11. The fourth-order valence-corrected chi connectivity index (χ4v) is 2.95. The molecule has 0 unspecified atom stereocenters. The van der Waals surface area contributed by atoms with Crippen molar-refractivity contribution in [1.29, 1.82) is 0 Å². The average molecular weight is 344 g/mol. The molecule has 1 heterocycles. The summed E-state index contributed by atoms with van der Waals surface area (Å²) < 4.78 is 0. The van der Waals surface area contributed by atoms with Crippen LogP contribution in [0.15, 0.2) is 41.6 Å². The van der Waals surface area contributed by atoms with Crippen molar-refractivity contribution in [2.45, 2.75) is 25.9 Å². The van der Waals surface area contributed by atoms with Crippen LogP contribution in [0, 0.1) is 12.8 Å². The minimum Gasteiger partial charge on any atom is -0.338 e. The van der Waals surface area contributed by atoms with Crippen molar-refractivity contribution in [2.24, 2.45) is 5.92 Å². The lowest BCUT2D eigenvalue weighted by Gasteiger charge is -2.23. The molecule has 5 nitrogen and oxygen atoms in total. The van der Waals surface area contributed by atoms with E-state index in [4.69, 9.17) is 0 Å². The molecule has 0 saturated heterocycles. The van der Waals surface area contributed by atoms with Crippen molar-refractivity contribution in [1.82, 2.24) is 20.1 Å². The minimum atomic E-state index is 0.105. The molecule has 128 valence electrons. The van der Waals surface area contributed by atoms with Crippen molar-refractivity contribution in [3.05, 3.63) is 47.8 Å². The minimum absolute atomic E-state index is 0.105. The molecule has 1 aromatic carbocycles. The molecule has 0 aliphatic rings. The molecule has 0 spiro atoms. The summed E-state index contributed by atoms with van der Waals surface area (Å²) in [5, 5.41) is 7.46. The highest BCUT2D eigenvalue weighted by Crippen LogP contribution is 2.14. The van der Waals surface area contributed by atoms with Gasteiger partial charge in [-0.2, -0.15) is 0 Å². The maximum atomic E-state index is 12.5. The maximum absolute atomic E-state index is 12.5. The van der Waals surface area contributed by atoms with Crippen LogP contribution in [-0.2, 0) is 4.79 Å². The van der Waals surface area contributed by atoms with Crippen LogP contribution in [0.2, 0.25) is 0 Å². The predicted octanol–water partition coefficient (Wildman–Crippen LogP) is 3.40. The van der Waals surface area contributed by atoms with Crippen LogP contribution in [0.5, 0.6) is 0 Å². The van der Waals surface area contributed by atoms with E-state index in [0.29, 0.717) is 23.4 Å². The normalized spacial score (nSPS) is 11.3. The third kappa shape index (κ3) is 6.20. The number of hydrogen-bond donors (Lipinski definition) is 1. The monoisotopic (exact) mass is 344 g/mol. The highest BCUT2D eigenvalue weighted by molar-refractivity contribution is 7.99. The van der Waals surface area contributed by atoms with Gasteiger partial charge in [-0.1, -0.05) is 68.1 Å². The topological polar surface area (TPSA) is 61.9 Å². The van der Waals surface area contributed by atoms with Gasteiger partial charge >= 0.3 is 0 Å². The van der Waals surface area contributed by atoms with Gasteiger partial charge in [0.25, 0.3) is 0 Å². The summed E-state index contributed by atoms with van der Waals surface area (Å²) in [6, 6.07) is 10.1. The van der Waals surface area contributed by atoms with Crippen molar-refractivity contribution in [2.75, 3.05) is 18.8 Å². The van der Waals surface area contributed by atoms with E-state index in [1.165, 1.54) is 11.8 Å². The molecule has 0 fully saturated rings. The number of carbonyl (C=O) groups is 1. The lowest BCUT2D eigenvalue weighted by Crippen LogP contribution is -2.35. The van der Waals surface area contributed by atoms with Gasteiger partial charge in [-0.15, -0.1) is 5.10 Å². The van der Waals surface area contributed by atoms with Gasteiger partial charge in [0, 0.05) is 13.1 Å². The number of H-pyrrole nitrogens is 1. The third-order valence-electron chi connectivity index (χ3n) is 3.28. The first kappa shape index (κ1) is 18.3. The molecular formula is C18H24N4OS. The van der Waals surface area contributed by atoms with Crippen molar-refractivity contribution < 1.29 is 4.79 Å². The zero-order valence-corrected chi connectivity index (χ0v) is 15.2. The van der Waals surface area contributed by atoms with E-state index in [1.807, 2.05) is 54.3 Å². The average Bonchev–Trinajstić information content (AvgIpc) is 2.98. The Bertz CT molecular complexity index is 667. The van der Waals surface area contributed by atoms with E-state index < -0.39 is 0 Å². The van der Waals surface area contributed by atoms with Crippen LogP contribution >= 0.6 is 11.8 Å². The summed E-state index contributed by atoms with van der Waals surface area (Å²) in [4.78, 5) is 18.6. The lowest BCUT2D eigenvalue weighted by atomic mass is 10.2. The first-order chi connectivity index (χ1) is 11.5. The van der Waals surface area contributed by atoms with Crippen molar-refractivity contribution in [3.8, 4) is 0 Å². The van der Waals surface area contributed by atoms with Gasteiger partial charge in [0.1, 0.15) is 5.82 Å². The van der Waals surface area contributed by atoms with E-state index in [0.717, 1.165) is 17.9 Å². The Kier molecular flexibility index (Phi) is 7.06. The number of nitrogens with one attached hydrogen (secondary N) is 1. The van der Waals surface area contributed by atoms with E-state index in [1.54, 1.807) is 0 Å². The number of benzene rings is 1. The molecule has 0 saturated carbocycles. The number of aromatic nitrogens is 3. The fraction of sp³-hybridized carbons (Fsp3) is 0.389. The molecule has 0 aliphatic carbocycles. The molecule has 0 bridgehead atoms. The van der Waals surface area contributed by atoms with Gasteiger partial charge < -0.3 is 4.90 Å². The van der Waals surface area contributed by atoms with Gasteiger partial charge in [0.2, 0.25) is 11.1 Å². The number of rotatable bonds is 8. The molecule has 1 amide bonds. The fourth-order valence-electron chi connectivity index (χ4n) is 2.20. The molecular weight excluding hydrogens is 320 g/mol. The first-order valence-electron chi connectivity index (χ1n) is 8.05. The smallest absolute Gasteiger partial charge is 0.233 e. The van der Waals surface area contributed by atoms with Crippen LogP contribution in [0.4, 0.5) is 0 Å². The zero-order valence-electron chi connectivity index (χ0n) is 14.4. The van der Waals surface area contributed by atoms with Gasteiger partial charge in [-0.25, -0.2) is 4.98 Å². The molecule has 0 aliphatic heterocycles. The highest BCUT2D eigenvalue weighted by atomic mass is 32.2. The van der Waals surface area contributed by atoms with Crippen LogP contribution < -0.4 is 0 Å². The summed E-state index contributed by atoms with van der Waals surface area (Å²) in [5.41, 5.74) is 1.14. The molecule has 6 heteroatoms. The van der Waals surface area contributed by atoms with Crippen molar-refractivity contribution in [3.63, 3.8) is 0 Å². The highest BCUT2D eigenvalue weighted by Gasteiger charge is 2.15. The maximum Gasteiger partial charge on any atom is 0.233 e. The van der Waals surface area contributed by atoms with Crippen LogP contribution in [0.1, 0.15) is 25.2 Å². The number of aromatic amines is 1. The standard InChI is InChI=1S/C18H24N4OS/c1-14(2)12-22(11-7-10-16-8-5-4-6-9-16)17(23)13-24-18-19-15(3)20-21-18/h4-10,14H,11-13H2,1-3H3,(H,19,20,21)/b10-7+. The predicted molar refractivity (Wildman–Crippen MR) is 98.7 cm³/mol. The van der Waals surface area contributed by atoms with Gasteiger partial charge in [-0.3, -0.25) is 9.89 Å². The quantitative estimate of drug-likeness (QED) is 0.746. The Hall–Kier alpha value is -2.08. The summed E-state index contributed by atoms with van der Waals surface area (Å²) in [5.74, 6) is 1.64. The number of nitrogens with zero attached hydrogens (tertiary/aromatic N) is 3. The molecule has 24 heavy (non-hydrogen) atoms. The van der Waals surface area contributed by atoms with E-state index in [9.17, 15) is 4.79 Å². The Morgan fingerprint density at radius 2 is 2.08 bits per heavy atom. The number of thioether (sulfide) groups is 1. The number of amides is 1. The van der Waals surface area contributed by atoms with Crippen LogP contribution in [-0.4, -0.2) is 44.8 Å². The van der Waals surface area contributed by atoms with Gasteiger partial charge in [0.05, 0.1) is 5.75 Å². The largest absolute Gasteiger partial charge is 0.338 e. The number of aryl methyl sites for hydroxylation is 1. The first-order valence-corrected chi connectivity index (χ1v) is 9.04. The van der Waals surface area contributed by atoms with Crippen LogP contribution in [0.25, 0.3) is 6.08 Å². The Morgan fingerprint density at radius 1 is 1.33 bits per heavy atom. The van der Waals surface area contributed by atoms with Crippen LogP contribution in [0.3, 0.4) is 0 Å². The second kappa shape index (κ2) is 9.27. The van der Waals surface area contributed by atoms with E-state index in [2.05, 4.69) is 29.0 Å². The summed E-state index contributed by atoms with van der Waals surface area (Å²) in [6.45, 7) is 7.43. The Balaban J connectivity index is 1.91. The zero-order chi connectivity index (χ0) is 17.4. The summed E-state index contributed by atoms with van der Waals surface area (Å²) in [7, 11) is 0. The van der Waals surface area contributed by atoms with E-state index >= 15 is 0 Å². The molecule has 2 aromatic rings. The molecule has 1 N–H and O–H groups in total. The number of carbonyl (C=O) groups excluding carboxylic acids is 1. The van der Waals surface area contributed by atoms with E-state index in [-0.39, 0.29) is 5.91 Å². The Morgan fingerprint density at radius 3 is 2.71 bits per heavy atom. The lowest BCUT2D eigenvalue weighted by molar-refractivity contribution is -0.128. The number of hydrogen-bond acceptors (Lipinski definition) is 4. The second-order valence-corrected chi connectivity index (χ2v) is 6.94. The van der Waals surface area contributed by atoms with Gasteiger partial charge in [-0.05, 0) is 18.4 Å². The molecule has 1 aromatic heterocycles. The van der Waals surface area contributed by atoms with Gasteiger partial charge in [0.15, 0.2) is 0 Å². The second-order valence-electron chi connectivity index (χ2n) is 6.00. The molecule has 0 radical (unpaired) electrons. The summed E-state index contributed by atoms with van der Waals surface area (Å²) >= 11 is 1.37. The summed E-state index contributed by atoms with van der Waals surface area (Å²) in [6.07, 6.45) is 4.09.